The Morgan fingerprint density at radius 2 is 0.789 bits per heavy atom. The van der Waals surface area contributed by atoms with E-state index in [0.717, 1.165) is 4.57 Å². The van der Waals surface area contributed by atoms with Crippen LogP contribution in [0.5, 0.6) is 0 Å². The van der Waals surface area contributed by atoms with Crippen LogP contribution in [-0.2, 0) is 0 Å². The van der Waals surface area contributed by atoms with E-state index < -0.39 is 166 Å². The van der Waals surface area contributed by atoms with Crippen LogP contribution >= 0.6 is 0 Å². The second-order valence-corrected chi connectivity index (χ2v) is 13.1. The molecule has 0 fully saturated rings. The van der Waals surface area contributed by atoms with Gasteiger partial charge >= 0.3 is 0 Å². The van der Waals surface area contributed by atoms with Gasteiger partial charge < -0.3 is 13.7 Å². The Morgan fingerprint density at radius 3 is 1.44 bits per heavy atom. The van der Waals surface area contributed by atoms with Crippen LogP contribution in [0.1, 0.15) is 31.5 Å². The molecule has 9 aromatic carbocycles. The number of para-hydroxylation sites is 5. The van der Waals surface area contributed by atoms with Crippen molar-refractivity contribution in [3.63, 3.8) is 0 Å². The summed E-state index contributed by atoms with van der Waals surface area (Å²) in [5.41, 5.74) is -2.41. The zero-order chi connectivity index (χ0) is 57.5. The van der Waals surface area contributed by atoms with Gasteiger partial charge in [0.2, 0.25) is 0 Å². The topological polar surface area (TPSA) is 14.8 Å². The summed E-state index contributed by atoms with van der Waals surface area (Å²) in [6, 6.07) is 3.66. The molecule has 0 saturated heterocycles. The lowest BCUT2D eigenvalue weighted by Crippen LogP contribution is -1.97. The molecule has 0 unspecified atom stereocenters. The first-order valence-electron chi connectivity index (χ1n) is 29.2. The third kappa shape index (κ3) is 4.79. The van der Waals surface area contributed by atoms with E-state index in [1.54, 1.807) is 48.5 Å². The summed E-state index contributed by atoms with van der Waals surface area (Å²) >= 11 is 0. The Balaban J connectivity index is 1.25. The maximum Gasteiger partial charge on any atom is 0.0667 e. The van der Waals surface area contributed by atoms with E-state index in [-0.39, 0.29) is 67.1 Å². The molecule has 0 aliphatic heterocycles. The van der Waals surface area contributed by atoms with E-state index >= 15 is 0 Å². The summed E-state index contributed by atoms with van der Waals surface area (Å²) in [6.45, 7) is 0. The molecule has 0 atom stereocenters. The van der Waals surface area contributed by atoms with E-state index in [9.17, 15) is 17.8 Å². The lowest BCUT2D eigenvalue weighted by atomic mass is 10.0. The van der Waals surface area contributed by atoms with Gasteiger partial charge in [-0.05, 0) is 89.3 Å². The molecule has 266 valence electrons. The second-order valence-electron chi connectivity index (χ2n) is 13.1. The minimum atomic E-state index is -0.908. The van der Waals surface area contributed by atoms with Crippen molar-refractivity contribution in [3.05, 3.63) is 212 Å². The molecule has 3 nitrogen and oxygen atoms in total. The standard InChI is InChI=1S/C54H35N3/c1-3-15-36(16-4-1)41-19-7-11-23-48(41)57-51-26-14-10-22-44(51)47-34-38(28-32-53(47)57)37-27-31-52-46(33-37)43-21-9-13-25-50(43)56(52)40-29-30-45-42-20-8-12-24-49(42)55(54(45)35-40)39-17-5-2-6-18-39/h1-35H/i1D,2D,8D,9D,10D,12D,13D,14D,20D,21D,22D,24D,25D,26D,27D,28D,29D,30D,31D,32D,33D,34D,35D. The molecule has 0 amide bonds. The SMILES string of the molecule is [2H]c1ccc(-c2ccccc2-n2c3c([2H])c([2H])c([2H])c([2H])c3c3c([2H])c(-c4c([2H])c([2H])c5c(c4[2H])c4c([2H])c([2H])c([2H])c([2H])c4n5-c4c([2H])c([2H])c5c6c([2H])c([2H])c([2H])c([2H])c6n(-c6ccc([2H])cc6)c5c4[2H])c([2H])c([2H])c32)cc1. The molecular weight excluding hydrogens is 691 g/mol. The van der Waals surface area contributed by atoms with Crippen molar-refractivity contribution in [2.75, 3.05) is 0 Å². The summed E-state index contributed by atoms with van der Waals surface area (Å²) < 4.78 is 216. The van der Waals surface area contributed by atoms with E-state index in [2.05, 4.69) is 0 Å². The molecule has 0 saturated carbocycles. The molecular formula is C54H35N3. The summed E-state index contributed by atoms with van der Waals surface area (Å²) in [5, 5.41) is -2.04. The Bertz CT molecular complexity index is 4850. The zero-order valence-electron chi connectivity index (χ0n) is 52.3. The van der Waals surface area contributed by atoms with E-state index in [1.165, 1.54) is 33.4 Å². The van der Waals surface area contributed by atoms with Gasteiger partial charge in [0.1, 0.15) is 0 Å². The zero-order valence-corrected chi connectivity index (χ0v) is 29.3. The van der Waals surface area contributed by atoms with Crippen LogP contribution in [0.15, 0.2) is 212 Å². The van der Waals surface area contributed by atoms with Crippen LogP contribution in [-0.4, -0.2) is 13.7 Å². The number of nitrogens with zero attached hydrogens (tertiary/aromatic N) is 3. The average Bonchev–Trinajstić information content (AvgIpc) is 2.09. The highest BCUT2D eigenvalue weighted by Gasteiger charge is 2.19. The predicted octanol–water partition coefficient (Wildman–Crippen LogP) is 14.3. The van der Waals surface area contributed by atoms with Crippen molar-refractivity contribution in [2.24, 2.45) is 0 Å². The summed E-state index contributed by atoms with van der Waals surface area (Å²) in [5.74, 6) is 0. The molecule has 12 rings (SSSR count). The molecule has 3 aromatic heterocycles. The Kier molecular flexibility index (Phi) is 3.63. The molecule has 12 aromatic rings. The van der Waals surface area contributed by atoms with Gasteiger partial charge in [0, 0.05) is 49.3 Å². The first kappa shape index (κ1) is 16.6. The van der Waals surface area contributed by atoms with Crippen molar-refractivity contribution in [2.45, 2.75) is 0 Å². The third-order valence-corrected chi connectivity index (χ3v) is 10.1. The first-order chi connectivity index (χ1) is 37.9. The highest BCUT2D eigenvalue weighted by Crippen LogP contribution is 2.41. The lowest BCUT2D eigenvalue weighted by Gasteiger charge is -2.14. The lowest BCUT2D eigenvalue weighted by molar-refractivity contribution is 1.15. The van der Waals surface area contributed by atoms with E-state index in [4.69, 9.17) is 13.7 Å². The number of benzene rings is 9. The molecule has 0 aliphatic carbocycles. The Morgan fingerprint density at radius 1 is 0.298 bits per heavy atom. The van der Waals surface area contributed by atoms with Gasteiger partial charge in [-0.3, -0.25) is 0 Å². The van der Waals surface area contributed by atoms with Crippen LogP contribution in [0.3, 0.4) is 0 Å². The maximum atomic E-state index is 10.1. The van der Waals surface area contributed by atoms with Gasteiger partial charge in [0.05, 0.1) is 70.3 Å². The van der Waals surface area contributed by atoms with Crippen LogP contribution < -0.4 is 0 Å². The summed E-state index contributed by atoms with van der Waals surface area (Å²) in [7, 11) is 0. The van der Waals surface area contributed by atoms with Crippen molar-refractivity contribution in [1.29, 1.82) is 0 Å². The third-order valence-electron chi connectivity index (χ3n) is 10.1. The highest BCUT2D eigenvalue weighted by atomic mass is 15.0. The van der Waals surface area contributed by atoms with Crippen molar-refractivity contribution in [1.82, 2.24) is 13.7 Å². The van der Waals surface area contributed by atoms with Crippen LogP contribution in [0.2, 0.25) is 0 Å². The second kappa shape index (κ2) is 12.5. The van der Waals surface area contributed by atoms with Crippen LogP contribution in [0.4, 0.5) is 0 Å². The average molecular weight is 749 g/mol. The Labute approximate surface area is 361 Å². The van der Waals surface area contributed by atoms with Gasteiger partial charge in [-0.2, -0.15) is 0 Å². The van der Waals surface area contributed by atoms with Gasteiger partial charge in [-0.15, -0.1) is 0 Å². The van der Waals surface area contributed by atoms with Gasteiger partial charge in [-0.25, -0.2) is 0 Å². The molecule has 0 radical (unpaired) electrons. The molecule has 0 aliphatic rings. The van der Waals surface area contributed by atoms with Crippen LogP contribution in [0, 0.1) is 0 Å². The summed E-state index contributed by atoms with van der Waals surface area (Å²) in [4.78, 5) is 0. The van der Waals surface area contributed by atoms with Gasteiger partial charge in [-0.1, -0.05) is 139 Å². The largest absolute Gasteiger partial charge is 0.309 e. The minimum Gasteiger partial charge on any atom is -0.309 e. The molecule has 0 bridgehead atoms. The van der Waals surface area contributed by atoms with Crippen molar-refractivity contribution in [3.8, 4) is 39.3 Å². The molecule has 0 spiro atoms. The maximum absolute atomic E-state index is 10.1. The highest BCUT2D eigenvalue weighted by molar-refractivity contribution is 6.14. The molecule has 57 heavy (non-hydrogen) atoms. The number of hydrogen-bond acceptors (Lipinski definition) is 0. The van der Waals surface area contributed by atoms with Crippen molar-refractivity contribution >= 4 is 65.4 Å². The number of hydrogen-bond donors (Lipinski definition) is 0. The fraction of sp³-hybridized carbons (Fsp3) is 0. The summed E-state index contributed by atoms with van der Waals surface area (Å²) in [6.07, 6.45) is 0. The fourth-order valence-electron chi connectivity index (χ4n) is 7.62. The quantitative estimate of drug-likeness (QED) is 0.166. The molecule has 3 heterocycles. The minimum absolute atomic E-state index is 0.0556. The van der Waals surface area contributed by atoms with Crippen LogP contribution in [0.25, 0.3) is 105 Å². The number of aromatic nitrogens is 3. The number of rotatable bonds is 5. The smallest absolute Gasteiger partial charge is 0.0667 e. The van der Waals surface area contributed by atoms with Crippen molar-refractivity contribution < 1.29 is 31.5 Å². The molecule has 0 N–H and O–H groups in total. The fourth-order valence-corrected chi connectivity index (χ4v) is 7.62. The normalized spacial score (nSPS) is 17.5. The van der Waals surface area contributed by atoms with E-state index in [0.29, 0.717) is 11.1 Å². The first-order valence-corrected chi connectivity index (χ1v) is 17.7. The molecule has 3 heteroatoms. The van der Waals surface area contributed by atoms with Gasteiger partial charge in [0.15, 0.2) is 0 Å². The number of fused-ring (bicyclic) bond motifs is 9. The monoisotopic (exact) mass is 748 g/mol. The van der Waals surface area contributed by atoms with E-state index in [1.807, 2.05) is 0 Å². The predicted molar refractivity (Wildman–Crippen MR) is 240 cm³/mol. The Hall–Kier alpha value is -7.62. The van der Waals surface area contributed by atoms with Gasteiger partial charge in [0.25, 0.3) is 0 Å².